The Labute approximate surface area is 133 Å². The Kier molecular flexibility index (Phi) is 3.82. The Morgan fingerprint density at radius 2 is 1.90 bits per heavy atom. The molecule has 0 spiro atoms. The third-order valence-corrected chi connectivity index (χ3v) is 5.50. The van der Waals surface area contributed by atoms with Gasteiger partial charge in [0.05, 0.1) is 11.1 Å². The van der Waals surface area contributed by atoms with Crippen molar-refractivity contribution >= 4 is 49.0 Å². The Hall–Kier alpha value is -0.940. The zero-order chi connectivity index (χ0) is 14.3. The Balaban J connectivity index is 2.16. The Bertz CT molecular complexity index is 787. The van der Waals surface area contributed by atoms with Crippen LogP contribution in [0.15, 0.2) is 46.3 Å². The van der Waals surface area contributed by atoms with E-state index in [0.29, 0.717) is 5.56 Å². The molecule has 2 aromatic carbocycles. The highest BCUT2D eigenvalue weighted by molar-refractivity contribution is 9.10. The van der Waals surface area contributed by atoms with Crippen LogP contribution in [-0.2, 0) is 0 Å². The molecular formula is C15H10BrClFNS. The number of hydrogen-bond donors (Lipinski definition) is 1. The van der Waals surface area contributed by atoms with Gasteiger partial charge in [-0.05, 0) is 44.4 Å². The summed E-state index contributed by atoms with van der Waals surface area (Å²) in [7, 11) is 0. The van der Waals surface area contributed by atoms with Gasteiger partial charge in [0.15, 0.2) is 0 Å². The van der Waals surface area contributed by atoms with Gasteiger partial charge in [0.25, 0.3) is 0 Å². The van der Waals surface area contributed by atoms with Crippen LogP contribution in [0.1, 0.15) is 17.2 Å². The molecule has 1 heterocycles. The third kappa shape index (κ3) is 2.27. The zero-order valence-corrected chi connectivity index (χ0v) is 13.4. The molecule has 1 aromatic heterocycles. The molecule has 1 nitrogen and oxygen atoms in total. The zero-order valence-electron chi connectivity index (χ0n) is 10.2. The molecule has 0 saturated carbocycles. The summed E-state index contributed by atoms with van der Waals surface area (Å²) in [6.07, 6.45) is 0. The fourth-order valence-corrected chi connectivity index (χ4v) is 4.05. The van der Waals surface area contributed by atoms with Gasteiger partial charge in [-0.25, -0.2) is 4.39 Å². The average molecular weight is 371 g/mol. The number of rotatable bonds is 2. The monoisotopic (exact) mass is 369 g/mol. The minimum Gasteiger partial charge on any atom is -0.320 e. The fraction of sp³-hybridized carbons (Fsp3) is 0.0667. The first-order valence-electron chi connectivity index (χ1n) is 5.94. The van der Waals surface area contributed by atoms with E-state index in [9.17, 15) is 4.39 Å². The highest BCUT2D eigenvalue weighted by atomic mass is 79.9. The molecule has 1 unspecified atom stereocenters. The molecule has 3 aromatic rings. The van der Waals surface area contributed by atoms with Crippen molar-refractivity contribution in [1.29, 1.82) is 0 Å². The van der Waals surface area contributed by atoms with Crippen molar-refractivity contribution in [3.8, 4) is 0 Å². The molecule has 0 amide bonds. The normalized spacial score (nSPS) is 12.8. The number of benzene rings is 2. The van der Waals surface area contributed by atoms with Crippen LogP contribution in [0, 0.1) is 5.82 Å². The first kappa shape index (κ1) is 14.0. The molecule has 0 radical (unpaired) electrons. The minimum absolute atomic E-state index is 0.0960. The van der Waals surface area contributed by atoms with Crippen LogP contribution >= 0.6 is 38.9 Å². The number of hydrogen-bond acceptors (Lipinski definition) is 2. The molecule has 5 heteroatoms. The summed E-state index contributed by atoms with van der Waals surface area (Å²) in [5, 5.41) is 3.11. The smallest absolute Gasteiger partial charge is 0.146 e. The molecule has 1 atom stereocenters. The molecule has 3 rings (SSSR count). The van der Waals surface area contributed by atoms with E-state index in [1.165, 1.54) is 6.07 Å². The Morgan fingerprint density at radius 1 is 1.15 bits per heavy atom. The van der Waals surface area contributed by atoms with Crippen molar-refractivity contribution in [3.63, 3.8) is 0 Å². The van der Waals surface area contributed by atoms with E-state index >= 15 is 0 Å². The second-order valence-electron chi connectivity index (χ2n) is 4.43. The lowest BCUT2D eigenvalue weighted by molar-refractivity contribution is 0.601. The first-order valence-corrected chi connectivity index (χ1v) is 7.99. The topological polar surface area (TPSA) is 26.0 Å². The van der Waals surface area contributed by atoms with Crippen LogP contribution in [0.25, 0.3) is 10.1 Å². The number of nitrogens with two attached hydrogens (primary N) is 1. The van der Waals surface area contributed by atoms with Crippen LogP contribution in [0.5, 0.6) is 0 Å². The maximum absolute atomic E-state index is 14.1. The SMILES string of the molecule is NC(c1cccc(Cl)c1F)c1csc2c(Br)cccc12. The molecule has 2 N–H and O–H groups in total. The maximum atomic E-state index is 14.1. The van der Waals surface area contributed by atoms with Crippen LogP contribution in [0.2, 0.25) is 5.02 Å². The van der Waals surface area contributed by atoms with E-state index in [1.54, 1.807) is 23.5 Å². The van der Waals surface area contributed by atoms with Gasteiger partial charge in [-0.3, -0.25) is 0 Å². The van der Waals surface area contributed by atoms with Crippen LogP contribution < -0.4 is 5.73 Å². The van der Waals surface area contributed by atoms with Crippen molar-refractivity contribution in [3.05, 3.63) is 68.2 Å². The molecule has 0 fully saturated rings. The summed E-state index contributed by atoms with van der Waals surface area (Å²) in [5.41, 5.74) is 7.56. The van der Waals surface area contributed by atoms with Crippen LogP contribution in [0.4, 0.5) is 4.39 Å². The summed E-state index contributed by atoms with van der Waals surface area (Å²) < 4.78 is 16.2. The van der Waals surface area contributed by atoms with Gasteiger partial charge < -0.3 is 5.73 Å². The number of thiophene rings is 1. The Morgan fingerprint density at radius 3 is 2.70 bits per heavy atom. The van der Waals surface area contributed by atoms with Gasteiger partial charge in [0, 0.05) is 14.7 Å². The average Bonchev–Trinajstić information content (AvgIpc) is 2.86. The van der Waals surface area contributed by atoms with Crippen molar-refractivity contribution in [2.75, 3.05) is 0 Å². The molecule has 0 saturated heterocycles. The van der Waals surface area contributed by atoms with Crippen molar-refractivity contribution in [1.82, 2.24) is 0 Å². The predicted molar refractivity (Wildman–Crippen MR) is 87.0 cm³/mol. The van der Waals surface area contributed by atoms with Gasteiger partial charge in [0.1, 0.15) is 5.82 Å². The summed E-state index contributed by atoms with van der Waals surface area (Å²) >= 11 is 10.9. The standard InChI is InChI=1S/C15H10BrClFNS/c16-11-5-1-3-8-10(7-20-15(8)11)14(19)9-4-2-6-12(17)13(9)18/h1-7,14H,19H2. The van der Waals surface area contributed by atoms with E-state index in [2.05, 4.69) is 15.9 Å². The second-order valence-corrected chi connectivity index (χ2v) is 6.57. The highest BCUT2D eigenvalue weighted by Gasteiger charge is 2.19. The summed E-state index contributed by atoms with van der Waals surface area (Å²) in [6, 6.07) is 10.3. The molecule has 0 aliphatic carbocycles. The number of halogens is 3. The van der Waals surface area contributed by atoms with Crippen molar-refractivity contribution in [2.24, 2.45) is 5.73 Å². The maximum Gasteiger partial charge on any atom is 0.146 e. The highest BCUT2D eigenvalue weighted by Crippen LogP contribution is 2.37. The first-order chi connectivity index (χ1) is 9.59. The van der Waals surface area contributed by atoms with Crippen LogP contribution in [-0.4, -0.2) is 0 Å². The lowest BCUT2D eigenvalue weighted by Gasteiger charge is -2.13. The largest absolute Gasteiger partial charge is 0.320 e. The van der Waals surface area contributed by atoms with E-state index < -0.39 is 11.9 Å². The van der Waals surface area contributed by atoms with E-state index in [-0.39, 0.29) is 5.02 Å². The van der Waals surface area contributed by atoms with E-state index in [0.717, 1.165) is 20.1 Å². The molecule has 20 heavy (non-hydrogen) atoms. The summed E-state index contributed by atoms with van der Waals surface area (Å²) in [6.45, 7) is 0. The summed E-state index contributed by atoms with van der Waals surface area (Å²) in [4.78, 5) is 0. The van der Waals surface area contributed by atoms with Gasteiger partial charge >= 0.3 is 0 Å². The third-order valence-electron chi connectivity index (χ3n) is 3.23. The van der Waals surface area contributed by atoms with Gasteiger partial charge in [-0.2, -0.15) is 0 Å². The van der Waals surface area contributed by atoms with Gasteiger partial charge in [0.2, 0.25) is 0 Å². The molecule has 102 valence electrons. The van der Waals surface area contributed by atoms with E-state index in [4.69, 9.17) is 17.3 Å². The van der Waals surface area contributed by atoms with Gasteiger partial charge in [-0.15, -0.1) is 11.3 Å². The van der Waals surface area contributed by atoms with Gasteiger partial charge in [-0.1, -0.05) is 35.9 Å². The lowest BCUT2D eigenvalue weighted by atomic mass is 9.98. The molecule has 0 aliphatic heterocycles. The second kappa shape index (κ2) is 5.45. The molecule has 0 bridgehead atoms. The van der Waals surface area contributed by atoms with Crippen molar-refractivity contribution < 1.29 is 4.39 Å². The summed E-state index contributed by atoms with van der Waals surface area (Å²) in [5.74, 6) is -0.448. The van der Waals surface area contributed by atoms with E-state index in [1.807, 2.05) is 23.6 Å². The number of fused-ring (bicyclic) bond motifs is 1. The van der Waals surface area contributed by atoms with Crippen molar-refractivity contribution in [2.45, 2.75) is 6.04 Å². The fourth-order valence-electron chi connectivity index (χ4n) is 2.21. The minimum atomic E-state index is -0.531. The molecular weight excluding hydrogens is 361 g/mol. The van der Waals surface area contributed by atoms with Crippen LogP contribution in [0.3, 0.4) is 0 Å². The quantitative estimate of drug-likeness (QED) is 0.633. The lowest BCUT2D eigenvalue weighted by Crippen LogP contribution is -2.13. The predicted octanol–water partition coefficient (Wildman–Crippen LogP) is 5.50. The molecule has 0 aliphatic rings.